The van der Waals surface area contributed by atoms with Crippen molar-refractivity contribution in [1.29, 1.82) is 0 Å². The molecule has 0 aliphatic carbocycles. The van der Waals surface area contributed by atoms with Gasteiger partial charge in [-0.3, -0.25) is 0 Å². The lowest BCUT2D eigenvalue weighted by atomic mass is 9.99. The number of fused-ring (bicyclic) bond motifs is 1. The summed E-state index contributed by atoms with van der Waals surface area (Å²) in [4.78, 5) is 4.26. The van der Waals surface area contributed by atoms with Crippen LogP contribution in [0.15, 0.2) is 22.6 Å². The van der Waals surface area contributed by atoms with Crippen molar-refractivity contribution in [2.75, 3.05) is 0 Å². The van der Waals surface area contributed by atoms with Gasteiger partial charge in [0.1, 0.15) is 5.52 Å². The van der Waals surface area contributed by atoms with Crippen molar-refractivity contribution in [2.45, 2.75) is 32.8 Å². The van der Waals surface area contributed by atoms with Crippen LogP contribution in [-0.4, -0.2) is 15.7 Å². The van der Waals surface area contributed by atoms with Gasteiger partial charge in [0, 0.05) is 13.3 Å². The van der Waals surface area contributed by atoms with Crippen molar-refractivity contribution in [3.8, 4) is 0 Å². The second kappa shape index (κ2) is 3.35. The first-order valence-electron chi connectivity index (χ1n) is 5.02. The Bertz CT molecular complexity index is 480. The van der Waals surface area contributed by atoms with Crippen LogP contribution in [0.25, 0.3) is 11.1 Å². The van der Waals surface area contributed by atoms with Crippen molar-refractivity contribution >= 4 is 11.1 Å². The Kier molecular flexibility index (Phi) is 2.27. The second-order valence-electron chi connectivity index (χ2n) is 4.52. The smallest absolute Gasteiger partial charge is 0.192 e. The molecule has 3 nitrogen and oxygen atoms in total. The Morgan fingerprint density at radius 2 is 2.13 bits per heavy atom. The minimum atomic E-state index is -0.688. The zero-order chi connectivity index (χ0) is 11.1. The summed E-state index contributed by atoms with van der Waals surface area (Å²) in [6.45, 7) is 5.42. The maximum Gasteiger partial charge on any atom is 0.192 e. The highest BCUT2D eigenvalue weighted by Gasteiger charge is 2.14. The molecule has 0 fully saturated rings. The van der Waals surface area contributed by atoms with Crippen LogP contribution in [-0.2, 0) is 6.42 Å². The molecule has 1 aromatic carbocycles. The summed E-state index contributed by atoms with van der Waals surface area (Å²) in [6.07, 6.45) is 0.620. The number of aryl methyl sites for hydroxylation is 1. The van der Waals surface area contributed by atoms with E-state index in [0.717, 1.165) is 16.7 Å². The highest BCUT2D eigenvalue weighted by Crippen LogP contribution is 2.19. The number of oxazole rings is 1. The molecule has 1 N–H and O–H groups in total. The van der Waals surface area contributed by atoms with Crippen molar-refractivity contribution in [3.63, 3.8) is 0 Å². The predicted octanol–water partition coefficient (Wildman–Crippen LogP) is 2.45. The minimum Gasteiger partial charge on any atom is -0.441 e. The highest BCUT2D eigenvalue weighted by atomic mass is 16.3. The van der Waals surface area contributed by atoms with Crippen LogP contribution in [0.2, 0.25) is 0 Å². The molecular weight excluding hydrogens is 190 g/mol. The van der Waals surface area contributed by atoms with Crippen LogP contribution in [0.1, 0.15) is 25.3 Å². The minimum absolute atomic E-state index is 0.620. The Hall–Kier alpha value is -1.35. The van der Waals surface area contributed by atoms with E-state index in [9.17, 15) is 5.11 Å². The zero-order valence-corrected chi connectivity index (χ0v) is 9.24. The van der Waals surface area contributed by atoms with E-state index in [1.807, 2.05) is 25.1 Å². The second-order valence-corrected chi connectivity index (χ2v) is 4.52. The largest absolute Gasteiger partial charge is 0.441 e. The number of rotatable bonds is 2. The van der Waals surface area contributed by atoms with Crippen LogP contribution >= 0.6 is 0 Å². The van der Waals surface area contributed by atoms with Gasteiger partial charge in [0.2, 0.25) is 0 Å². The van der Waals surface area contributed by atoms with E-state index in [0.29, 0.717) is 12.3 Å². The Balaban J connectivity index is 2.38. The zero-order valence-electron chi connectivity index (χ0n) is 9.24. The maximum atomic E-state index is 9.70. The van der Waals surface area contributed by atoms with Gasteiger partial charge >= 0.3 is 0 Å². The highest BCUT2D eigenvalue weighted by molar-refractivity contribution is 5.73. The maximum absolute atomic E-state index is 9.70. The van der Waals surface area contributed by atoms with Gasteiger partial charge in [-0.25, -0.2) is 4.98 Å². The normalized spacial score (nSPS) is 12.3. The molecule has 0 amide bonds. The Morgan fingerprint density at radius 3 is 2.80 bits per heavy atom. The van der Waals surface area contributed by atoms with Crippen LogP contribution in [0, 0.1) is 6.92 Å². The topological polar surface area (TPSA) is 46.3 Å². The number of aromatic nitrogens is 1. The number of benzene rings is 1. The van der Waals surface area contributed by atoms with Gasteiger partial charge in [-0.05, 0) is 31.5 Å². The lowest BCUT2D eigenvalue weighted by molar-refractivity contribution is 0.0810. The molecule has 2 aromatic rings. The van der Waals surface area contributed by atoms with Crippen molar-refractivity contribution in [3.05, 3.63) is 29.7 Å². The summed E-state index contributed by atoms with van der Waals surface area (Å²) in [5.74, 6) is 0.672. The predicted molar refractivity (Wildman–Crippen MR) is 58.7 cm³/mol. The molecule has 15 heavy (non-hydrogen) atoms. The van der Waals surface area contributed by atoms with Crippen LogP contribution in [0.3, 0.4) is 0 Å². The lowest BCUT2D eigenvalue weighted by Gasteiger charge is -2.16. The third kappa shape index (κ3) is 2.36. The molecule has 0 aliphatic heterocycles. The number of aliphatic hydroxyl groups is 1. The molecular formula is C12H15NO2. The van der Waals surface area contributed by atoms with E-state index >= 15 is 0 Å². The number of hydrogen-bond acceptors (Lipinski definition) is 3. The van der Waals surface area contributed by atoms with Crippen LogP contribution in [0.4, 0.5) is 0 Å². The third-order valence-corrected chi connectivity index (χ3v) is 2.20. The summed E-state index contributed by atoms with van der Waals surface area (Å²) in [6, 6.07) is 5.82. The quantitative estimate of drug-likeness (QED) is 0.819. The summed E-state index contributed by atoms with van der Waals surface area (Å²) in [7, 11) is 0. The van der Waals surface area contributed by atoms with Gasteiger partial charge in [0.05, 0.1) is 5.60 Å². The van der Waals surface area contributed by atoms with Gasteiger partial charge in [-0.1, -0.05) is 6.07 Å². The lowest BCUT2D eigenvalue weighted by Crippen LogP contribution is -2.21. The van der Waals surface area contributed by atoms with E-state index in [-0.39, 0.29) is 0 Å². The molecule has 0 radical (unpaired) electrons. The summed E-state index contributed by atoms with van der Waals surface area (Å²) in [5, 5.41) is 9.70. The third-order valence-electron chi connectivity index (χ3n) is 2.20. The molecule has 3 heteroatoms. The van der Waals surface area contributed by atoms with E-state index in [4.69, 9.17) is 4.42 Å². The fourth-order valence-electron chi connectivity index (χ4n) is 1.70. The molecule has 0 saturated carbocycles. The first-order chi connectivity index (χ1) is 6.94. The van der Waals surface area contributed by atoms with E-state index in [1.165, 1.54) is 0 Å². The Labute approximate surface area is 88.7 Å². The van der Waals surface area contributed by atoms with Gasteiger partial charge in [-0.2, -0.15) is 0 Å². The average Bonchev–Trinajstić information content (AvgIpc) is 2.40. The number of hydrogen-bond donors (Lipinski definition) is 1. The average molecular weight is 205 g/mol. The molecule has 1 heterocycles. The van der Waals surface area contributed by atoms with Crippen molar-refractivity contribution < 1.29 is 9.52 Å². The summed E-state index contributed by atoms with van der Waals surface area (Å²) < 4.78 is 5.38. The molecule has 0 atom stereocenters. The molecule has 0 saturated heterocycles. The van der Waals surface area contributed by atoms with E-state index in [1.54, 1.807) is 13.8 Å². The fourth-order valence-corrected chi connectivity index (χ4v) is 1.70. The van der Waals surface area contributed by atoms with Crippen molar-refractivity contribution in [1.82, 2.24) is 4.98 Å². The fraction of sp³-hybridized carbons (Fsp3) is 0.417. The summed E-state index contributed by atoms with van der Waals surface area (Å²) in [5.41, 5.74) is 2.04. The van der Waals surface area contributed by atoms with Gasteiger partial charge in [0.15, 0.2) is 11.5 Å². The van der Waals surface area contributed by atoms with Crippen molar-refractivity contribution in [2.24, 2.45) is 0 Å². The molecule has 0 spiro atoms. The molecule has 80 valence electrons. The van der Waals surface area contributed by atoms with E-state index < -0.39 is 5.60 Å². The SMILES string of the molecule is Cc1nc2cc(CC(C)(C)O)ccc2o1. The monoisotopic (exact) mass is 205 g/mol. The first kappa shape index (κ1) is 10.2. The molecule has 2 rings (SSSR count). The first-order valence-corrected chi connectivity index (χ1v) is 5.02. The van der Waals surface area contributed by atoms with Crippen LogP contribution < -0.4 is 0 Å². The van der Waals surface area contributed by atoms with Gasteiger partial charge in [-0.15, -0.1) is 0 Å². The molecule has 0 unspecified atom stereocenters. The van der Waals surface area contributed by atoms with Crippen LogP contribution in [0.5, 0.6) is 0 Å². The van der Waals surface area contributed by atoms with E-state index in [2.05, 4.69) is 4.98 Å². The van der Waals surface area contributed by atoms with Gasteiger partial charge < -0.3 is 9.52 Å². The standard InChI is InChI=1S/C12H15NO2/c1-8-13-10-6-9(7-12(2,3)14)4-5-11(10)15-8/h4-6,14H,7H2,1-3H3. The number of nitrogens with zero attached hydrogens (tertiary/aromatic N) is 1. The molecule has 0 aliphatic rings. The molecule has 1 aromatic heterocycles. The summed E-state index contributed by atoms with van der Waals surface area (Å²) >= 11 is 0. The van der Waals surface area contributed by atoms with Gasteiger partial charge in [0.25, 0.3) is 0 Å². The molecule has 0 bridgehead atoms. The Morgan fingerprint density at radius 1 is 1.40 bits per heavy atom.